The molecule has 0 aliphatic heterocycles. The van der Waals surface area contributed by atoms with Gasteiger partial charge in [0, 0.05) is 19.3 Å². The average Bonchev–Trinajstić information content (AvgIpc) is 3.31. The van der Waals surface area contributed by atoms with Crippen molar-refractivity contribution in [3.05, 3.63) is 60.8 Å². The van der Waals surface area contributed by atoms with Crippen LogP contribution in [0.3, 0.4) is 0 Å². The van der Waals surface area contributed by atoms with Gasteiger partial charge in [0.25, 0.3) is 0 Å². The summed E-state index contributed by atoms with van der Waals surface area (Å²) in [6.07, 6.45) is 67.9. The second-order valence-electron chi connectivity index (χ2n) is 18.8. The number of ether oxygens (including phenoxy) is 3. The molecule has 1 atom stereocenters. The summed E-state index contributed by atoms with van der Waals surface area (Å²) in [5, 5.41) is 0. The Hall–Kier alpha value is -2.89. The SMILES string of the molecule is CC/C=C\C/C=C\C/C=C\C/C=C\C/C=C\CCCC(=O)OC[C@H](COC(=O)CCCCCCCCCCCCCC)OC(=O)CCCCCCCCCCCCCCCCCCCCC. The third kappa shape index (κ3) is 52.1. The molecule has 0 unspecified atom stereocenters. The molecule has 6 nitrogen and oxygen atoms in total. The van der Waals surface area contributed by atoms with E-state index >= 15 is 0 Å². The van der Waals surface area contributed by atoms with Gasteiger partial charge in [-0.2, -0.15) is 0 Å². The number of hydrogen-bond acceptors (Lipinski definition) is 6. The van der Waals surface area contributed by atoms with Crippen molar-refractivity contribution >= 4 is 17.9 Å². The summed E-state index contributed by atoms with van der Waals surface area (Å²) in [5.74, 6) is -0.936. The number of rotatable bonds is 51. The van der Waals surface area contributed by atoms with E-state index in [0.29, 0.717) is 19.3 Å². The lowest BCUT2D eigenvalue weighted by Gasteiger charge is -2.18. The van der Waals surface area contributed by atoms with Gasteiger partial charge >= 0.3 is 17.9 Å². The topological polar surface area (TPSA) is 78.9 Å². The smallest absolute Gasteiger partial charge is 0.306 e. The largest absolute Gasteiger partial charge is 0.462 e. The summed E-state index contributed by atoms with van der Waals surface area (Å²) in [7, 11) is 0. The lowest BCUT2D eigenvalue weighted by molar-refractivity contribution is -0.167. The third-order valence-corrected chi connectivity index (χ3v) is 12.3. The van der Waals surface area contributed by atoms with Crippen LogP contribution in [0.25, 0.3) is 0 Å². The van der Waals surface area contributed by atoms with Crippen molar-refractivity contribution in [1.29, 1.82) is 0 Å². The zero-order valence-electron chi connectivity index (χ0n) is 43.7. The van der Waals surface area contributed by atoms with E-state index in [4.69, 9.17) is 14.2 Å². The summed E-state index contributed by atoms with van der Waals surface area (Å²) in [5.41, 5.74) is 0. The van der Waals surface area contributed by atoms with Crippen LogP contribution < -0.4 is 0 Å². The van der Waals surface area contributed by atoms with Gasteiger partial charge in [-0.3, -0.25) is 14.4 Å². The van der Waals surface area contributed by atoms with Crippen LogP contribution in [0, 0.1) is 0 Å². The van der Waals surface area contributed by atoms with Gasteiger partial charge < -0.3 is 14.2 Å². The van der Waals surface area contributed by atoms with Crippen LogP contribution in [0.2, 0.25) is 0 Å². The van der Waals surface area contributed by atoms with E-state index in [9.17, 15) is 14.4 Å². The van der Waals surface area contributed by atoms with Gasteiger partial charge in [-0.25, -0.2) is 0 Å². The zero-order valence-corrected chi connectivity index (χ0v) is 43.7. The van der Waals surface area contributed by atoms with E-state index in [1.54, 1.807) is 0 Å². The predicted molar refractivity (Wildman–Crippen MR) is 284 cm³/mol. The van der Waals surface area contributed by atoms with Crippen molar-refractivity contribution in [1.82, 2.24) is 0 Å². The second kappa shape index (κ2) is 54.7. The molecule has 0 aromatic heterocycles. The van der Waals surface area contributed by atoms with Crippen LogP contribution in [-0.4, -0.2) is 37.2 Å². The minimum absolute atomic E-state index is 0.0880. The lowest BCUT2D eigenvalue weighted by Crippen LogP contribution is -2.30. The van der Waals surface area contributed by atoms with Crippen molar-refractivity contribution in [2.75, 3.05) is 13.2 Å². The van der Waals surface area contributed by atoms with E-state index in [2.05, 4.69) is 81.5 Å². The van der Waals surface area contributed by atoms with Crippen LogP contribution in [0.4, 0.5) is 0 Å². The maximum absolute atomic E-state index is 12.8. The first kappa shape index (κ1) is 63.1. The highest BCUT2D eigenvalue weighted by molar-refractivity contribution is 5.71. The van der Waals surface area contributed by atoms with Gasteiger partial charge in [0.2, 0.25) is 0 Å². The summed E-state index contributed by atoms with van der Waals surface area (Å²) in [4.78, 5) is 38.1. The number of esters is 3. The molecule has 0 bridgehead atoms. The Balaban J connectivity index is 4.40. The molecule has 0 saturated carbocycles. The molecular weight excluding hydrogens is 817 g/mol. The summed E-state index contributed by atoms with van der Waals surface area (Å²) in [6.45, 7) is 6.50. The van der Waals surface area contributed by atoms with Crippen LogP contribution in [0.1, 0.15) is 284 Å². The lowest BCUT2D eigenvalue weighted by atomic mass is 10.0. The number of allylic oxidation sites excluding steroid dienone is 10. The molecule has 0 heterocycles. The van der Waals surface area contributed by atoms with E-state index in [0.717, 1.165) is 77.0 Å². The molecule has 0 rings (SSSR count). The molecule has 0 fully saturated rings. The average molecular weight is 924 g/mol. The third-order valence-electron chi connectivity index (χ3n) is 12.3. The molecule has 0 spiro atoms. The minimum atomic E-state index is -0.793. The van der Waals surface area contributed by atoms with Crippen LogP contribution in [-0.2, 0) is 28.6 Å². The highest BCUT2D eigenvalue weighted by Crippen LogP contribution is 2.16. The molecule has 382 valence electrons. The van der Waals surface area contributed by atoms with E-state index in [-0.39, 0.29) is 37.5 Å². The van der Waals surface area contributed by atoms with Gasteiger partial charge in [-0.15, -0.1) is 0 Å². The number of carbonyl (C=O) groups excluding carboxylic acids is 3. The van der Waals surface area contributed by atoms with Crippen molar-refractivity contribution in [3.8, 4) is 0 Å². The van der Waals surface area contributed by atoms with Gasteiger partial charge in [0.1, 0.15) is 13.2 Å². The second-order valence-corrected chi connectivity index (χ2v) is 18.8. The van der Waals surface area contributed by atoms with Crippen molar-refractivity contribution < 1.29 is 28.6 Å². The summed E-state index contributed by atoms with van der Waals surface area (Å²) < 4.78 is 16.8. The molecule has 6 heteroatoms. The number of unbranched alkanes of at least 4 members (excludes halogenated alkanes) is 30. The van der Waals surface area contributed by atoms with Gasteiger partial charge in [-0.1, -0.05) is 268 Å². The quantitative estimate of drug-likeness (QED) is 0.0262. The zero-order chi connectivity index (χ0) is 47.9. The molecule has 0 radical (unpaired) electrons. The Bertz CT molecular complexity index is 1200. The molecular formula is C60H106O6. The molecule has 0 aromatic carbocycles. The number of carbonyl (C=O) groups is 3. The summed E-state index contributed by atoms with van der Waals surface area (Å²) in [6, 6.07) is 0. The standard InChI is InChI=1S/C60H106O6/c1-4-7-10-13-16-19-22-25-27-29-30-32-34-36-39-42-45-48-51-54-60(63)66-57(55-64-58(61)52-49-46-43-40-37-24-21-18-15-12-9-6-3)56-65-59(62)53-50-47-44-41-38-35-33-31-28-26-23-20-17-14-11-8-5-2/h8,11,17,20,26,28,33,35,41,44,57H,4-7,9-10,12-16,18-19,21-25,27,29-32,34,36-40,42-43,45-56H2,1-3H3/b11-8-,20-17-,28-26-,35-33-,44-41-/t57-/m0/s1. The molecule has 0 aliphatic rings. The maximum atomic E-state index is 12.8. The molecule has 0 aromatic rings. The fourth-order valence-corrected chi connectivity index (χ4v) is 8.07. The maximum Gasteiger partial charge on any atom is 0.306 e. The first-order chi connectivity index (χ1) is 32.5. The highest BCUT2D eigenvalue weighted by Gasteiger charge is 2.19. The molecule has 0 N–H and O–H groups in total. The number of hydrogen-bond donors (Lipinski definition) is 0. The molecule has 0 amide bonds. The molecule has 66 heavy (non-hydrogen) atoms. The van der Waals surface area contributed by atoms with Crippen molar-refractivity contribution in [2.24, 2.45) is 0 Å². The van der Waals surface area contributed by atoms with Crippen LogP contribution in [0.15, 0.2) is 60.8 Å². The normalized spacial score (nSPS) is 12.5. The first-order valence-corrected chi connectivity index (χ1v) is 28.3. The van der Waals surface area contributed by atoms with E-state index in [1.807, 2.05) is 0 Å². The Morgan fingerprint density at radius 2 is 0.591 bits per heavy atom. The Labute approximate surface area is 409 Å². The van der Waals surface area contributed by atoms with Crippen molar-refractivity contribution in [3.63, 3.8) is 0 Å². The minimum Gasteiger partial charge on any atom is -0.462 e. The predicted octanol–water partition coefficient (Wildman–Crippen LogP) is 18.8. The summed E-state index contributed by atoms with van der Waals surface area (Å²) >= 11 is 0. The van der Waals surface area contributed by atoms with Gasteiger partial charge in [0.05, 0.1) is 0 Å². The fourth-order valence-electron chi connectivity index (χ4n) is 8.07. The van der Waals surface area contributed by atoms with Crippen LogP contribution in [0.5, 0.6) is 0 Å². The van der Waals surface area contributed by atoms with Gasteiger partial charge in [-0.05, 0) is 57.8 Å². The highest BCUT2D eigenvalue weighted by atomic mass is 16.6. The van der Waals surface area contributed by atoms with Crippen LogP contribution >= 0.6 is 0 Å². The van der Waals surface area contributed by atoms with E-state index in [1.165, 1.54) is 161 Å². The fraction of sp³-hybridized carbons (Fsp3) is 0.783. The molecule has 0 aliphatic carbocycles. The molecule has 0 saturated heterocycles. The first-order valence-electron chi connectivity index (χ1n) is 28.3. The Morgan fingerprint density at radius 3 is 0.924 bits per heavy atom. The van der Waals surface area contributed by atoms with Crippen molar-refractivity contribution in [2.45, 2.75) is 290 Å². The Morgan fingerprint density at radius 1 is 0.318 bits per heavy atom. The monoisotopic (exact) mass is 923 g/mol. The van der Waals surface area contributed by atoms with Gasteiger partial charge in [0.15, 0.2) is 6.10 Å². The Kier molecular flexibility index (Phi) is 52.3. The van der Waals surface area contributed by atoms with E-state index < -0.39 is 6.10 Å².